The predicted octanol–water partition coefficient (Wildman–Crippen LogP) is 1.96. The first-order valence-electron chi connectivity index (χ1n) is 5.15. The van der Waals surface area contributed by atoms with E-state index in [0.717, 1.165) is 18.5 Å². The van der Waals surface area contributed by atoms with Crippen molar-refractivity contribution < 1.29 is 4.79 Å². The lowest BCUT2D eigenvalue weighted by Gasteiger charge is -2.16. The lowest BCUT2D eigenvalue weighted by atomic mass is 10.1. The minimum absolute atomic E-state index is 0.0748. The zero-order valence-electron chi connectivity index (χ0n) is 9.92. The monoisotopic (exact) mass is 198 g/mol. The summed E-state index contributed by atoms with van der Waals surface area (Å²) in [5, 5.41) is 1.86. The van der Waals surface area contributed by atoms with Crippen LogP contribution in [0, 0.1) is 5.92 Å². The van der Waals surface area contributed by atoms with Crippen molar-refractivity contribution in [3.8, 4) is 0 Å². The van der Waals surface area contributed by atoms with E-state index in [9.17, 15) is 4.79 Å². The Labute approximate surface area is 87.1 Å². The van der Waals surface area contributed by atoms with Crippen molar-refractivity contribution in [2.24, 2.45) is 5.92 Å². The SMILES string of the molecule is CCCC(=CC(=O)C(C)C)NN(C)C. The van der Waals surface area contributed by atoms with E-state index in [4.69, 9.17) is 0 Å². The van der Waals surface area contributed by atoms with Gasteiger partial charge < -0.3 is 5.43 Å². The maximum Gasteiger partial charge on any atom is 0.159 e. The van der Waals surface area contributed by atoms with Gasteiger partial charge in [0.05, 0.1) is 0 Å². The molecule has 0 aromatic carbocycles. The minimum Gasteiger partial charge on any atom is -0.323 e. The van der Waals surface area contributed by atoms with Crippen LogP contribution in [0.3, 0.4) is 0 Å². The summed E-state index contributed by atoms with van der Waals surface area (Å²) >= 11 is 0. The van der Waals surface area contributed by atoms with E-state index < -0.39 is 0 Å². The van der Waals surface area contributed by atoms with Gasteiger partial charge in [0.2, 0.25) is 0 Å². The van der Waals surface area contributed by atoms with Crippen molar-refractivity contribution in [1.82, 2.24) is 10.4 Å². The molecule has 14 heavy (non-hydrogen) atoms. The summed E-state index contributed by atoms with van der Waals surface area (Å²) in [6, 6.07) is 0. The second kappa shape index (κ2) is 6.60. The molecule has 0 aliphatic heterocycles. The summed E-state index contributed by atoms with van der Waals surface area (Å²) in [5.41, 5.74) is 4.14. The van der Waals surface area contributed by atoms with Crippen LogP contribution >= 0.6 is 0 Å². The number of hydrogen-bond donors (Lipinski definition) is 1. The molecule has 82 valence electrons. The van der Waals surface area contributed by atoms with Gasteiger partial charge in [-0.15, -0.1) is 0 Å². The number of allylic oxidation sites excluding steroid dienone is 2. The van der Waals surface area contributed by atoms with Crippen LogP contribution in [0.15, 0.2) is 11.8 Å². The molecular weight excluding hydrogens is 176 g/mol. The van der Waals surface area contributed by atoms with Gasteiger partial charge in [-0.1, -0.05) is 27.2 Å². The summed E-state index contributed by atoms with van der Waals surface area (Å²) in [7, 11) is 3.84. The average molecular weight is 198 g/mol. The number of carbonyl (C=O) groups is 1. The number of ketones is 1. The van der Waals surface area contributed by atoms with E-state index in [-0.39, 0.29) is 11.7 Å². The van der Waals surface area contributed by atoms with Crippen molar-refractivity contribution in [3.05, 3.63) is 11.8 Å². The van der Waals surface area contributed by atoms with Gasteiger partial charge in [-0.25, -0.2) is 5.01 Å². The number of hydrogen-bond acceptors (Lipinski definition) is 3. The van der Waals surface area contributed by atoms with Gasteiger partial charge in [0, 0.05) is 31.8 Å². The van der Waals surface area contributed by atoms with Crippen LogP contribution in [0.5, 0.6) is 0 Å². The fourth-order valence-corrected chi connectivity index (χ4v) is 1.06. The number of nitrogens with zero attached hydrogens (tertiary/aromatic N) is 1. The Morgan fingerprint density at radius 2 is 2.00 bits per heavy atom. The van der Waals surface area contributed by atoms with Crippen LogP contribution in [0.4, 0.5) is 0 Å². The largest absolute Gasteiger partial charge is 0.323 e. The molecule has 0 unspecified atom stereocenters. The summed E-state index contributed by atoms with van der Waals surface area (Å²) in [5.74, 6) is 0.258. The van der Waals surface area contributed by atoms with E-state index in [1.54, 1.807) is 6.08 Å². The lowest BCUT2D eigenvalue weighted by Crippen LogP contribution is -2.30. The van der Waals surface area contributed by atoms with Crippen LogP contribution < -0.4 is 5.43 Å². The molecule has 0 rings (SSSR count). The molecular formula is C11H22N2O. The Morgan fingerprint density at radius 1 is 1.43 bits per heavy atom. The molecule has 0 bridgehead atoms. The molecule has 0 spiro atoms. The molecule has 0 saturated carbocycles. The highest BCUT2D eigenvalue weighted by molar-refractivity contribution is 5.91. The quantitative estimate of drug-likeness (QED) is 0.523. The normalized spacial score (nSPS) is 12.4. The first kappa shape index (κ1) is 13.2. The fraction of sp³-hybridized carbons (Fsp3) is 0.727. The molecule has 0 radical (unpaired) electrons. The molecule has 3 heteroatoms. The molecule has 0 aromatic rings. The number of carbonyl (C=O) groups excluding carboxylic acids is 1. The molecule has 0 amide bonds. The molecule has 0 aliphatic carbocycles. The van der Waals surface area contributed by atoms with Crippen LogP contribution in [-0.2, 0) is 4.79 Å². The third-order valence-corrected chi connectivity index (χ3v) is 1.77. The van der Waals surface area contributed by atoms with Gasteiger partial charge in [0.15, 0.2) is 5.78 Å². The van der Waals surface area contributed by atoms with Crippen LogP contribution in [-0.4, -0.2) is 24.9 Å². The van der Waals surface area contributed by atoms with E-state index in [1.165, 1.54) is 0 Å². The van der Waals surface area contributed by atoms with E-state index in [0.29, 0.717) is 0 Å². The highest BCUT2D eigenvalue weighted by Gasteiger charge is 2.06. The number of nitrogens with one attached hydrogen (secondary N) is 1. The Balaban J connectivity index is 4.38. The van der Waals surface area contributed by atoms with Crippen LogP contribution in [0.25, 0.3) is 0 Å². The highest BCUT2D eigenvalue weighted by atomic mass is 16.1. The van der Waals surface area contributed by atoms with Crippen molar-refractivity contribution >= 4 is 5.78 Å². The summed E-state index contributed by atoms with van der Waals surface area (Å²) < 4.78 is 0. The summed E-state index contributed by atoms with van der Waals surface area (Å²) in [6.07, 6.45) is 3.67. The van der Waals surface area contributed by atoms with E-state index >= 15 is 0 Å². The van der Waals surface area contributed by atoms with Gasteiger partial charge >= 0.3 is 0 Å². The van der Waals surface area contributed by atoms with Crippen LogP contribution in [0.1, 0.15) is 33.6 Å². The predicted molar refractivity (Wildman–Crippen MR) is 59.7 cm³/mol. The lowest BCUT2D eigenvalue weighted by molar-refractivity contribution is -0.117. The first-order valence-corrected chi connectivity index (χ1v) is 5.15. The van der Waals surface area contributed by atoms with Crippen molar-refractivity contribution in [2.45, 2.75) is 33.6 Å². The molecule has 0 fully saturated rings. The maximum absolute atomic E-state index is 11.5. The molecule has 3 nitrogen and oxygen atoms in total. The Hall–Kier alpha value is -0.830. The van der Waals surface area contributed by atoms with Crippen molar-refractivity contribution in [3.63, 3.8) is 0 Å². The van der Waals surface area contributed by atoms with Gasteiger partial charge in [0.1, 0.15) is 0 Å². The average Bonchev–Trinajstić information content (AvgIpc) is 2.02. The highest BCUT2D eigenvalue weighted by Crippen LogP contribution is 2.04. The second-order valence-electron chi connectivity index (χ2n) is 3.98. The van der Waals surface area contributed by atoms with Gasteiger partial charge in [-0.3, -0.25) is 4.79 Å². The maximum atomic E-state index is 11.5. The molecule has 1 N–H and O–H groups in total. The molecule has 0 aliphatic rings. The zero-order chi connectivity index (χ0) is 11.1. The smallest absolute Gasteiger partial charge is 0.159 e. The summed E-state index contributed by atoms with van der Waals surface area (Å²) in [4.78, 5) is 11.5. The topological polar surface area (TPSA) is 32.3 Å². The third kappa shape index (κ3) is 5.75. The Kier molecular flexibility index (Phi) is 6.21. The van der Waals surface area contributed by atoms with Crippen LogP contribution in [0.2, 0.25) is 0 Å². The molecule has 0 saturated heterocycles. The summed E-state index contributed by atoms with van der Waals surface area (Å²) in [6.45, 7) is 5.93. The van der Waals surface area contributed by atoms with Gasteiger partial charge in [-0.05, 0) is 6.42 Å². The fourth-order valence-electron chi connectivity index (χ4n) is 1.06. The standard InChI is InChI=1S/C11H22N2O/c1-6-7-10(12-13(4)5)8-11(14)9(2)3/h8-9,12H,6-7H2,1-5H3. The third-order valence-electron chi connectivity index (χ3n) is 1.77. The van der Waals surface area contributed by atoms with E-state index in [2.05, 4.69) is 12.3 Å². The molecule has 0 heterocycles. The van der Waals surface area contributed by atoms with Crippen molar-refractivity contribution in [2.75, 3.05) is 14.1 Å². The Morgan fingerprint density at radius 3 is 2.36 bits per heavy atom. The minimum atomic E-state index is 0.0748. The van der Waals surface area contributed by atoms with E-state index in [1.807, 2.05) is 33.0 Å². The van der Waals surface area contributed by atoms with Crippen molar-refractivity contribution in [1.29, 1.82) is 0 Å². The Bertz CT molecular complexity index is 207. The second-order valence-corrected chi connectivity index (χ2v) is 3.98. The zero-order valence-corrected chi connectivity index (χ0v) is 9.92. The van der Waals surface area contributed by atoms with Gasteiger partial charge in [-0.2, -0.15) is 0 Å². The number of hydrazine groups is 1. The number of rotatable bonds is 6. The first-order chi connectivity index (χ1) is 6.47. The van der Waals surface area contributed by atoms with Gasteiger partial charge in [0.25, 0.3) is 0 Å². The molecule has 0 atom stereocenters. The molecule has 0 aromatic heterocycles.